The number of hydrogen-bond donors (Lipinski definition) is 3. The summed E-state index contributed by atoms with van der Waals surface area (Å²) in [6, 6.07) is 6.91. The molecule has 0 radical (unpaired) electrons. The van der Waals surface area contributed by atoms with Crippen LogP contribution in [0.5, 0.6) is 0 Å². The summed E-state index contributed by atoms with van der Waals surface area (Å²) >= 11 is 0. The highest BCUT2D eigenvalue weighted by Gasteiger charge is 2.27. The monoisotopic (exact) mass is 307 g/mol. The van der Waals surface area contributed by atoms with E-state index in [4.69, 9.17) is 10.5 Å². The van der Waals surface area contributed by atoms with Crippen molar-refractivity contribution in [3.8, 4) is 0 Å². The summed E-state index contributed by atoms with van der Waals surface area (Å²) in [6.07, 6.45) is 0.876. The van der Waals surface area contributed by atoms with Crippen molar-refractivity contribution in [2.24, 2.45) is 5.73 Å². The van der Waals surface area contributed by atoms with E-state index in [1.807, 2.05) is 6.92 Å². The summed E-state index contributed by atoms with van der Waals surface area (Å²) in [4.78, 5) is 23.9. The van der Waals surface area contributed by atoms with Crippen molar-refractivity contribution in [2.45, 2.75) is 45.3 Å². The maximum atomic E-state index is 12.2. The Morgan fingerprint density at radius 2 is 1.91 bits per heavy atom. The number of ether oxygens (including phenoxy) is 1. The van der Waals surface area contributed by atoms with Gasteiger partial charge in [-0.1, -0.05) is 19.4 Å². The van der Waals surface area contributed by atoms with Crippen molar-refractivity contribution in [3.05, 3.63) is 24.3 Å². The first-order chi connectivity index (χ1) is 10.3. The normalized spacial score (nSPS) is 14.8. The number of anilines is 2. The van der Waals surface area contributed by atoms with Gasteiger partial charge in [-0.25, -0.2) is 0 Å². The van der Waals surface area contributed by atoms with E-state index >= 15 is 0 Å². The average Bonchev–Trinajstić information content (AvgIpc) is 2.46. The quantitative estimate of drug-likeness (QED) is 0.719. The number of rotatable bonds is 7. The van der Waals surface area contributed by atoms with Gasteiger partial charge in [0.1, 0.15) is 6.10 Å². The number of amides is 2. The highest BCUT2D eigenvalue weighted by molar-refractivity contribution is 5.99. The molecule has 0 saturated carbocycles. The summed E-state index contributed by atoms with van der Waals surface area (Å²) in [5, 5.41) is 5.50. The van der Waals surface area contributed by atoms with Gasteiger partial charge in [0.15, 0.2) is 0 Å². The lowest BCUT2D eigenvalue weighted by Gasteiger charge is -2.23. The number of methoxy groups -OCH3 is 1. The molecule has 122 valence electrons. The Kier molecular flexibility index (Phi) is 6.52. The second-order valence-corrected chi connectivity index (χ2v) is 5.57. The van der Waals surface area contributed by atoms with Gasteiger partial charge in [0.05, 0.1) is 5.54 Å². The summed E-state index contributed by atoms with van der Waals surface area (Å²) < 4.78 is 4.95. The zero-order valence-corrected chi connectivity index (χ0v) is 13.6. The maximum Gasteiger partial charge on any atom is 0.253 e. The molecule has 2 atom stereocenters. The third-order valence-corrected chi connectivity index (χ3v) is 3.40. The van der Waals surface area contributed by atoms with Crippen molar-refractivity contribution in [2.75, 3.05) is 17.7 Å². The van der Waals surface area contributed by atoms with Gasteiger partial charge in [-0.15, -0.1) is 0 Å². The Balaban J connectivity index is 2.76. The fourth-order valence-electron chi connectivity index (χ4n) is 1.93. The van der Waals surface area contributed by atoms with E-state index in [0.29, 0.717) is 17.8 Å². The minimum atomic E-state index is -0.918. The highest BCUT2D eigenvalue weighted by atomic mass is 16.5. The Hall–Kier alpha value is -1.92. The minimum absolute atomic E-state index is 0.247. The molecule has 6 nitrogen and oxygen atoms in total. The van der Waals surface area contributed by atoms with E-state index < -0.39 is 11.6 Å². The molecule has 0 bridgehead atoms. The van der Waals surface area contributed by atoms with Crippen LogP contribution in [0.25, 0.3) is 0 Å². The molecule has 1 rings (SSSR count). The van der Waals surface area contributed by atoms with Crippen molar-refractivity contribution in [1.82, 2.24) is 0 Å². The summed E-state index contributed by atoms with van der Waals surface area (Å²) in [5.74, 6) is -0.497. The van der Waals surface area contributed by atoms with Crippen LogP contribution in [0.15, 0.2) is 24.3 Å². The number of carbonyl (C=O) groups excluding carboxylic acids is 2. The summed E-state index contributed by atoms with van der Waals surface area (Å²) in [7, 11) is 1.47. The first-order valence-electron chi connectivity index (χ1n) is 7.34. The minimum Gasteiger partial charge on any atom is -0.372 e. The second-order valence-electron chi connectivity index (χ2n) is 5.57. The molecule has 2 amide bonds. The molecule has 0 aliphatic heterocycles. The Morgan fingerprint density at radius 3 is 2.45 bits per heavy atom. The third-order valence-electron chi connectivity index (χ3n) is 3.40. The lowest BCUT2D eigenvalue weighted by molar-refractivity contribution is -0.124. The van der Waals surface area contributed by atoms with Crippen LogP contribution in [0.3, 0.4) is 0 Å². The van der Waals surface area contributed by atoms with Crippen LogP contribution in [0.1, 0.15) is 33.6 Å². The number of nitrogens with two attached hydrogens (primary N) is 1. The molecule has 0 heterocycles. The Bertz CT molecular complexity index is 529. The van der Waals surface area contributed by atoms with Crippen molar-refractivity contribution in [1.29, 1.82) is 0 Å². The van der Waals surface area contributed by atoms with E-state index in [0.717, 1.165) is 6.42 Å². The average molecular weight is 307 g/mol. The third kappa shape index (κ3) is 5.13. The molecule has 2 unspecified atom stereocenters. The standard InChI is InChI=1S/C16H25N3O3/c1-5-9-16(3,17)15(21)19-13-8-6-7-12(10-13)18-14(20)11(2)22-4/h6-8,10-11H,5,9,17H2,1-4H3,(H,18,20)(H,19,21). The SMILES string of the molecule is CCCC(C)(N)C(=O)Nc1cccc(NC(=O)C(C)OC)c1. The lowest BCUT2D eigenvalue weighted by Crippen LogP contribution is -2.48. The highest BCUT2D eigenvalue weighted by Crippen LogP contribution is 2.18. The number of carbonyl (C=O) groups is 2. The van der Waals surface area contributed by atoms with Crippen LogP contribution in [-0.4, -0.2) is 30.6 Å². The first kappa shape index (κ1) is 18.1. The van der Waals surface area contributed by atoms with Crippen molar-refractivity contribution < 1.29 is 14.3 Å². The van der Waals surface area contributed by atoms with Crippen molar-refractivity contribution >= 4 is 23.2 Å². The van der Waals surface area contributed by atoms with Crippen LogP contribution >= 0.6 is 0 Å². The van der Waals surface area contributed by atoms with E-state index in [1.54, 1.807) is 38.1 Å². The van der Waals surface area contributed by atoms with E-state index in [-0.39, 0.29) is 11.8 Å². The fourth-order valence-corrected chi connectivity index (χ4v) is 1.93. The molecule has 22 heavy (non-hydrogen) atoms. The molecule has 0 fully saturated rings. The molecule has 0 saturated heterocycles. The molecule has 1 aromatic rings. The van der Waals surface area contributed by atoms with Gasteiger partial charge < -0.3 is 21.1 Å². The predicted molar refractivity (Wildman–Crippen MR) is 87.7 cm³/mol. The number of benzene rings is 1. The number of hydrogen-bond acceptors (Lipinski definition) is 4. The summed E-state index contributed by atoms with van der Waals surface area (Å²) in [6.45, 7) is 5.34. The molecule has 0 aliphatic rings. The van der Waals surface area contributed by atoms with Gasteiger partial charge in [-0.05, 0) is 38.5 Å². The van der Waals surface area contributed by atoms with Gasteiger partial charge >= 0.3 is 0 Å². The largest absolute Gasteiger partial charge is 0.372 e. The van der Waals surface area contributed by atoms with Gasteiger partial charge in [0.2, 0.25) is 5.91 Å². The van der Waals surface area contributed by atoms with Gasteiger partial charge in [-0.3, -0.25) is 9.59 Å². The van der Waals surface area contributed by atoms with Crippen LogP contribution in [-0.2, 0) is 14.3 Å². The lowest BCUT2D eigenvalue weighted by atomic mass is 9.96. The Morgan fingerprint density at radius 1 is 1.32 bits per heavy atom. The van der Waals surface area contributed by atoms with E-state index in [1.165, 1.54) is 7.11 Å². The first-order valence-corrected chi connectivity index (χ1v) is 7.34. The topological polar surface area (TPSA) is 93.5 Å². The van der Waals surface area contributed by atoms with Gasteiger partial charge in [0.25, 0.3) is 5.91 Å². The smallest absolute Gasteiger partial charge is 0.253 e. The molecule has 0 spiro atoms. The van der Waals surface area contributed by atoms with Crippen LogP contribution in [0.2, 0.25) is 0 Å². The van der Waals surface area contributed by atoms with Crippen LogP contribution < -0.4 is 16.4 Å². The molecule has 0 aliphatic carbocycles. The molecule has 1 aromatic carbocycles. The van der Waals surface area contributed by atoms with Gasteiger partial charge in [-0.2, -0.15) is 0 Å². The second kappa shape index (κ2) is 7.91. The molecule has 0 aromatic heterocycles. The number of nitrogens with one attached hydrogen (secondary N) is 2. The van der Waals surface area contributed by atoms with Crippen LogP contribution in [0, 0.1) is 0 Å². The van der Waals surface area contributed by atoms with E-state index in [2.05, 4.69) is 10.6 Å². The molecular formula is C16H25N3O3. The fraction of sp³-hybridized carbons (Fsp3) is 0.500. The van der Waals surface area contributed by atoms with E-state index in [9.17, 15) is 9.59 Å². The molecule has 6 heteroatoms. The zero-order chi connectivity index (χ0) is 16.8. The summed E-state index contributed by atoms with van der Waals surface area (Å²) in [5.41, 5.74) is 6.25. The predicted octanol–water partition coefficient (Wildman–Crippen LogP) is 2.12. The van der Waals surface area contributed by atoms with Crippen molar-refractivity contribution in [3.63, 3.8) is 0 Å². The van der Waals surface area contributed by atoms with Gasteiger partial charge in [0, 0.05) is 18.5 Å². The maximum absolute atomic E-state index is 12.2. The Labute approximate surface area is 131 Å². The molecule has 4 N–H and O–H groups in total. The molecular weight excluding hydrogens is 282 g/mol. The zero-order valence-electron chi connectivity index (χ0n) is 13.6. The van der Waals surface area contributed by atoms with Crippen LogP contribution in [0.4, 0.5) is 11.4 Å².